The van der Waals surface area contributed by atoms with Crippen LogP contribution >= 0.6 is 11.6 Å². The molecular formula is C18H12ClN5O2. The van der Waals surface area contributed by atoms with Crippen LogP contribution in [0.1, 0.15) is 11.6 Å². The molecule has 0 saturated heterocycles. The van der Waals surface area contributed by atoms with E-state index in [-0.39, 0.29) is 11.4 Å². The molecule has 2 heterocycles. The Balaban J connectivity index is 2.05. The van der Waals surface area contributed by atoms with E-state index in [0.717, 1.165) is 9.25 Å². The number of nitrogens with two attached hydrogens (primary N) is 1. The fourth-order valence-electron chi connectivity index (χ4n) is 3.18. The molecule has 2 N–H and O–H groups in total. The van der Waals surface area contributed by atoms with Gasteiger partial charge in [0.05, 0.1) is 5.69 Å². The van der Waals surface area contributed by atoms with Gasteiger partial charge < -0.3 is 5.73 Å². The standard InChI is InChI=1S/C18H12ClN5O2/c19-12-6-4-5-11(9-12)15-14(10-20)16(21)24-18(26)22(17(25)23(15)24)13-7-2-1-3-8-13/h1-9,15H,21H2. The van der Waals surface area contributed by atoms with Crippen LogP contribution in [-0.4, -0.2) is 13.9 Å². The SMILES string of the molecule is N#CC1=C(N)n2c(=O)n(-c3ccccc3)c(=O)n2C1c1cccc(Cl)c1. The summed E-state index contributed by atoms with van der Waals surface area (Å²) in [7, 11) is 0. The first-order valence-corrected chi connectivity index (χ1v) is 8.10. The van der Waals surface area contributed by atoms with E-state index in [1.807, 2.05) is 6.07 Å². The van der Waals surface area contributed by atoms with E-state index in [1.165, 1.54) is 4.68 Å². The summed E-state index contributed by atoms with van der Waals surface area (Å²) in [5.41, 5.74) is 5.97. The van der Waals surface area contributed by atoms with Gasteiger partial charge in [0, 0.05) is 5.02 Å². The van der Waals surface area contributed by atoms with Gasteiger partial charge in [-0.3, -0.25) is 0 Å². The van der Waals surface area contributed by atoms with E-state index >= 15 is 0 Å². The van der Waals surface area contributed by atoms with E-state index in [2.05, 4.69) is 0 Å². The number of benzene rings is 2. The summed E-state index contributed by atoms with van der Waals surface area (Å²) in [6, 6.07) is 16.5. The largest absolute Gasteiger partial charge is 0.383 e. The Morgan fingerprint density at radius 1 is 1.04 bits per heavy atom. The number of allylic oxidation sites excluding steroid dienone is 1. The molecule has 0 radical (unpaired) electrons. The van der Waals surface area contributed by atoms with E-state index in [9.17, 15) is 14.9 Å². The number of fused-ring (bicyclic) bond motifs is 1. The Labute approximate surface area is 152 Å². The normalized spacial score (nSPS) is 15.8. The molecular weight excluding hydrogens is 354 g/mol. The van der Waals surface area contributed by atoms with Crippen LogP contribution in [0.25, 0.3) is 11.5 Å². The average molecular weight is 366 g/mol. The van der Waals surface area contributed by atoms with Gasteiger partial charge >= 0.3 is 11.4 Å². The predicted octanol–water partition coefficient (Wildman–Crippen LogP) is 1.71. The molecule has 0 amide bonds. The molecule has 0 bridgehead atoms. The molecule has 0 fully saturated rings. The van der Waals surface area contributed by atoms with Crippen molar-refractivity contribution in [3.63, 3.8) is 0 Å². The zero-order chi connectivity index (χ0) is 18.4. The van der Waals surface area contributed by atoms with E-state index in [0.29, 0.717) is 16.3 Å². The van der Waals surface area contributed by atoms with Gasteiger partial charge in [0.1, 0.15) is 23.5 Å². The lowest BCUT2D eigenvalue weighted by Gasteiger charge is -2.12. The van der Waals surface area contributed by atoms with E-state index in [1.54, 1.807) is 54.6 Å². The number of rotatable bonds is 2. The van der Waals surface area contributed by atoms with Crippen molar-refractivity contribution in [2.75, 3.05) is 0 Å². The number of aromatic nitrogens is 3. The minimum Gasteiger partial charge on any atom is -0.383 e. The molecule has 1 unspecified atom stereocenters. The Kier molecular flexibility index (Phi) is 3.56. The Morgan fingerprint density at radius 3 is 2.42 bits per heavy atom. The highest BCUT2D eigenvalue weighted by molar-refractivity contribution is 6.30. The molecule has 2 aromatic carbocycles. The number of nitrogens with zero attached hydrogens (tertiary/aromatic N) is 4. The van der Waals surface area contributed by atoms with Crippen molar-refractivity contribution >= 4 is 17.4 Å². The Bertz CT molecular complexity index is 1210. The van der Waals surface area contributed by atoms with E-state index < -0.39 is 17.4 Å². The van der Waals surface area contributed by atoms with Gasteiger partial charge in [0.25, 0.3) is 0 Å². The van der Waals surface area contributed by atoms with Crippen LogP contribution in [0, 0.1) is 11.3 Å². The van der Waals surface area contributed by atoms with Gasteiger partial charge in [0.15, 0.2) is 0 Å². The van der Waals surface area contributed by atoms with Crippen LogP contribution in [0.2, 0.25) is 5.02 Å². The number of hydrogen-bond acceptors (Lipinski definition) is 4. The molecule has 1 aliphatic heterocycles. The van der Waals surface area contributed by atoms with Crippen LogP contribution in [0.15, 0.2) is 69.8 Å². The summed E-state index contributed by atoms with van der Waals surface area (Å²) in [4.78, 5) is 25.9. The molecule has 0 aliphatic carbocycles. The monoisotopic (exact) mass is 365 g/mol. The first-order valence-electron chi connectivity index (χ1n) is 7.72. The zero-order valence-electron chi connectivity index (χ0n) is 13.3. The van der Waals surface area contributed by atoms with Crippen molar-refractivity contribution in [3.05, 3.63) is 91.7 Å². The molecule has 1 aromatic heterocycles. The van der Waals surface area contributed by atoms with Crippen molar-refractivity contribution in [1.82, 2.24) is 13.9 Å². The molecule has 7 nitrogen and oxygen atoms in total. The highest BCUT2D eigenvalue weighted by atomic mass is 35.5. The quantitative estimate of drug-likeness (QED) is 0.747. The lowest BCUT2D eigenvalue weighted by molar-refractivity contribution is 0.554. The highest BCUT2D eigenvalue weighted by Gasteiger charge is 2.36. The molecule has 26 heavy (non-hydrogen) atoms. The highest BCUT2D eigenvalue weighted by Crippen LogP contribution is 2.33. The van der Waals surface area contributed by atoms with Crippen LogP contribution in [0.3, 0.4) is 0 Å². The fraction of sp³-hybridized carbons (Fsp3) is 0.0556. The summed E-state index contributed by atoms with van der Waals surface area (Å²) < 4.78 is 3.26. The van der Waals surface area contributed by atoms with Gasteiger partial charge in [-0.1, -0.05) is 41.9 Å². The number of nitriles is 1. The predicted molar refractivity (Wildman–Crippen MR) is 96.9 cm³/mol. The fourth-order valence-corrected chi connectivity index (χ4v) is 3.38. The third kappa shape index (κ3) is 2.13. The van der Waals surface area contributed by atoms with Gasteiger partial charge in [-0.15, -0.1) is 0 Å². The van der Waals surface area contributed by atoms with E-state index in [4.69, 9.17) is 17.3 Å². The van der Waals surface area contributed by atoms with Crippen molar-refractivity contribution in [2.45, 2.75) is 6.04 Å². The van der Waals surface area contributed by atoms with Crippen molar-refractivity contribution in [3.8, 4) is 11.8 Å². The number of para-hydroxylation sites is 1. The second-order valence-corrected chi connectivity index (χ2v) is 6.20. The molecule has 0 saturated carbocycles. The second kappa shape index (κ2) is 5.79. The molecule has 4 rings (SSSR count). The Hall–Kier alpha value is -3.50. The smallest absolute Gasteiger partial charge is 0.358 e. The van der Waals surface area contributed by atoms with Crippen LogP contribution in [0.5, 0.6) is 0 Å². The second-order valence-electron chi connectivity index (χ2n) is 5.76. The number of halogens is 1. The topological polar surface area (TPSA) is 98.7 Å². The van der Waals surface area contributed by atoms with Gasteiger partial charge in [-0.05, 0) is 29.8 Å². The molecule has 0 spiro atoms. The summed E-state index contributed by atoms with van der Waals surface area (Å²) in [6.45, 7) is 0. The summed E-state index contributed by atoms with van der Waals surface area (Å²) >= 11 is 6.06. The Morgan fingerprint density at radius 2 is 1.77 bits per heavy atom. The zero-order valence-corrected chi connectivity index (χ0v) is 14.1. The lowest BCUT2D eigenvalue weighted by Crippen LogP contribution is -2.30. The summed E-state index contributed by atoms with van der Waals surface area (Å²) in [5, 5.41) is 9.99. The maximum absolute atomic E-state index is 13.0. The van der Waals surface area contributed by atoms with Crippen molar-refractivity contribution in [1.29, 1.82) is 5.26 Å². The van der Waals surface area contributed by atoms with Crippen molar-refractivity contribution in [2.24, 2.45) is 5.73 Å². The third-order valence-electron chi connectivity index (χ3n) is 4.30. The average Bonchev–Trinajstić information content (AvgIpc) is 3.08. The van der Waals surface area contributed by atoms with Gasteiger partial charge in [-0.25, -0.2) is 18.8 Å². The van der Waals surface area contributed by atoms with Gasteiger partial charge in [0.2, 0.25) is 0 Å². The van der Waals surface area contributed by atoms with Crippen molar-refractivity contribution < 1.29 is 0 Å². The lowest BCUT2D eigenvalue weighted by atomic mass is 10.0. The molecule has 1 aliphatic rings. The van der Waals surface area contributed by atoms with Gasteiger partial charge in [-0.2, -0.15) is 9.94 Å². The molecule has 8 heteroatoms. The third-order valence-corrected chi connectivity index (χ3v) is 4.53. The molecule has 128 valence electrons. The van der Waals surface area contributed by atoms with Crippen LogP contribution < -0.4 is 17.1 Å². The van der Waals surface area contributed by atoms with Crippen LogP contribution in [0.4, 0.5) is 0 Å². The first kappa shape index (κ1) is 16.0. The molecule has 3 aromatic rings. The minimum absolute atomic E-state index is 0.0609. The maximum atomic E-state index is 13.0. The number of hydrogen-bond donors (Lipinski definition) is 1. The summed E-state index contributed by atoms with van der Waals surface area (Å²) in [6.07, 6.45) is 0. The minimum atomic E-state index is -0.816. The van der Waals surface area contributed by atoms with Crippen LogP contribution in [-0.2, 0) is 0 Å². The molecule has 1 atom stereocenters. The first-order chi connectivity index (χ1) is 12.5. The maximum Gasteiger partial charge on any atom is 0.358 e. The summed E-state index contributed by atoms with van der Waals surface area (Å²) in [5.74, 6) is -0.0609.